The van der Waals surface area contributed by atoms with Crippen LogP contribution in [0.4, 0.5) is 5.69 Å². The maximum Gasteiger partial charge on any atom is 0.235 e. The number of benzene rings is 2. The molecule has 1 amide bonds. The molecular formula is C20H23N5O3. The van der Waals surface area contributed by atoms with Gasteiger partial charge >= 0.3 is 0 Å². The minimum absolute atomic E-state index is 0.222. The standard InChI is InChI=1S/C20H23N5O3/c1-12-8-9-13(2)16(10-12)21-20(26)15(19-22-24-25-23-19)11-14-6-5-7-17(27-3)18(14)28-4/h5-10,15H,11H2,1-4H3,(H,21,26)(H,22,23,24,25)/t15-/m1/s1. The van der Waals surface area contributed by atoms with Crippen molar-refractivity contribution in [3.8, 4) is 11.5 Å². The normalized spacial score (nSPS) is 11.7. The highest BCUT2D eigenvalue weighted by Gasteiger charge is 2.27. The van der Waals surface area contributed by atoms with Crippen molar-refractivity contribution in [3.63, 3.8) is 0 Å². The molecule has 146 valence electrons. The van der Waals surface area contributed by atoms with Crippen LogP contribution in [0.2, 0.25) is 0 Å². The van der Waals surface area contributed by atoms with Crippen molar-refractivity contribution in [2.75, 3.05) is 19.5 Å². The number of hydrogen-bond donors (Lipinski definition) is 2. The van der Waals surface area contributed by atoms with E-state index in [9.17, 15) is 4.79 Å². The van der Waals surface area contributed by atoms with Crippen molar-refractivity contribution in [2.45, 2.75) is 26.2 Å². The number of tetrazole rings is 1. The quantitative estimate of drug-likeness (QED) is 0.652. The predicted molar refractivity (Wildman–Crippen MR) is 105 cm³/mol. The summed E-state index contributed by atoms with van der Waals surface area (Å²) >= 11 is 0. The third kappa shape index (κ3) is 4.11. The van der Waals surface area contributed by atoms with E-state index in [-0.39, 0.29) is 5.91 Å². The number of ether oxygens (including phenoxy) is 2. The Labute approximate surface area is 163 Å². The Hall–Kier alpha value is -3.42. The summed E-state index contributed by atoms with van der Waals surface area (Å²) in [5.41, 5.74) is 3.61. The van der Waals surface area contributed by atoms with Crippen molar-refractivity contribution in [1.29, 1.82) is 0 Å². The fourth-order valence-corrected chi connectivity index (χ4v) is 3.04. The van der Waals surface area contributed by atoms with Gasteiger partial charge in [-0.15, -0.1) is 10.2 Å². The number of rotatable bonds is 7. The summed E-state index contributed by atoms with van der Waals surface area (Å²) in [5.74, 6) is 0.618. The molecule has 2 aromatic carbocycles. The van der Waals surface area contributed by atoms with Crippen molar-refractivity contribution < 1.29 is 14.3 Å². The van der Waals surface area contributed by atoms with Crippen LogP contribution in [0.15, 0.2) is 36.4 Å². The second-order valence-electron chi connectivity index (χ2n) is 6.49. The number of nitrogens with zero attached hydrogens (tertiary/aromatic N) is 3. The molecule has 0 unspecified atom stereocenters. The number of aryl methyl sites for hydroxylation is 2. The molecule has 8 nitrogen and oxygen atoms in total. The molecule has 1 heterocycles. The number of aromatic nitrogens is 4. The Bertz CT molecular complexity index is 956. The number of anilines is 1. The average molecular weight is 381 g/mol. The van der Waals surface area contributed by atoms with E-state index in [1.165, 1.54) is 0 Å². The van der Waals surface area contributed by atoms with Crippen molar-refractivity contribution >= 4 is 11.6 Å². The van der Waals surface area contributed by atoms with Crippen molar-refractivity contribution in [1.82, 2.24) is 20.6 Å². The van der Waals surface area contributed by atoms with E-state index in [2.05, 4.69) is 25.9 Å². The van der Waals surface area contributed by atoms with Crippen LogP contribution >= 0.6 is 0 Å². The highest BCUT2D eigenvalue weighted by molar-refractivity contribution is 5.96. The Balaban J connectivity index is 1.93. The smallest absolute Gasteiger partial charge is 0.235 e. The van der Waals surface area contributed by atoms with Crippen LogP contribution in [0.25, 0.3) is 0 Å². The summed E-state index contributed by atoms with van der Waals surface area (Å²) < 4.78 is 10.9. The lowest BCUT2D eigenvalue weighted by Gasteiger charge is -2.18. The third-order valence-corrected chi connectivity index (χ3v) is 4.55. The Kier molecular flexibility index (Phi) is 5.88. The van der Waals surface area contributed by atoms with E-state index in [1.807, 2.05) is 50.2 Å². The number of H-pyrrole nitrogens is 1. The summed E-state index contributed by atoms with van der Waals surface area (Å²) in [6.45, 7) is 3.93. The third-order valence-electron chi connectivity index (χ3n) is 4.55. The first-order valence-electron chi connectivity index (χ1n) is 8.84. The molecule has 3 aromatic rings. The molecule has 0 radical (unpaired) electrons. The number of amides is 1. The minimum atomic E-state index is -0.653. The molecule has 28 heavy (non-hydrogen) atoms. The molecular weight excluding hydrogens is 358 g/mol. The molecule has 0 fully saturated rings. The van der Waals surface area contributed by atoms with Crippen LogP contribution in [-0.4, -0.2) is 40.8 Å². The number of methoxy groups -OCH3 is 2. The van der Waals surface area contributed by atoms with E-state index in [0.29, 0.717) is 23.7 Å². The van der Waals surface area contributed by atoms with E-state index in [4.69, 9.17) is 9.47 Å². The maximum absolute atomic E-state index is 13.1. The lowest BCUT2D eigenvalue weighted by atomic mass is 9.96. The highest BCUT2D eigenvalue weighted by Crippen LogP contribution is 2.34. The maximum atomic E-state index is 13.1. The van der Waals surface area contributed by atoms with Gasteiger partial charge in [-0.05, 0) is 49.1 Å². The number of hydrogen-bond acceptors (Lipinski definition) is 6. The van der Waals surface area contributed by atoms with Gasteiger partial charge in [-0.25, -0.2) is 0 Å². The molecule has 0 saturated carbocycles. The first-order chi connectivity index (χ1) is 13.5. The van der Waals surface area contributed by atoms with Gasteiger partial charge in [0.1, 0.15) is 5.92 Å². The molecule has 1 atom stereocenters. The molecule has 0 aliphatic rings. The zero-order chi connectivity index (χ0) is 20.1. The molecule has 3 rings (SSSR count). The topological polar surface area (TPSA) is 102 Å². The SMILES string of the molecule is COc1cccc(C[C@@H](C(=O)Nc2cc(C)ccc2C)c2nn[nH]n2)c1OC. The first kappa shape index (κ1) is 19.3. The highest BCUT2D eigenvalue weighted by atomic mass is 16.5. The van der Waals surface area contributed by atoms with Crippen LogP contribution in [0.5, 0.6) is 11.5 Å². The lowest BCUT2D eigenvalue weighted by molar-refractivity contribution is -0.117. The summed E-state index contributed by atoms with van der Waals surface area (Å²) in [5, 5.41) is 17.1. The van der Waals surface area contributed by atoms with Gasteiger partial charge in [-0.2, -0.15) is 5.21 Å². The van der Waals surface area contributed by atoms with Gasteiger partial charge in [-0.1, -0.05) is 29.5 Å². The van der Waals surface area contributed by atoms with Gasteiger partial charge in [0.05, 0.1) is 14.2 Å². The van der Waals surface area contributed by atoms with Gasteiger partial charge < -0.3 is 14.8 Å². The number of carbonyl (C=O) groups excluding carboxylic acids is 1. The van der Waals surface area contributed by atoms with Gasteiger partial charge in [0.25, 0.3) is 0 Å². The molecule has 0 aliphatic heterocycles. The van der Waals surface area contributed by atoms with Crippen LogP contribution in [-0.2, 0) is 11.2 Å². The summed E-state index contributed by atoms with van der Waals surface area (Å²) in [4.78, 5) is 13.1. The number of aromatic amines is 1. The van der Waals surface area contributed by atoms with Crippen molar-refractivity contribution in [2.24, 2.45) is 0 Å². The van der Waals surface area contributed by atoms with E-state index < -0.39 is 5.92 Å². The minimum Gasteiger partial charge on any atom is -0.493 e. The van der Waals surface area contributed by atoms with Crippen LogP contribution < -0.4 is 14.8 Å². The Morgan fingerprint density at radius 2 is 2.00 bits per heavy atom. The summed E-state index contributed by atoms with van der Waals surface area (Å²) in [7, 11) is 3.15. The Morgan fingerprint density at radius 3 is 2.68 bits per heavy atom. The van der Waals surface area contributed by atoms with Crippen molar-refractivity contribution in [3.05, 3.63) is 58.9 Å². The second kappa shape index (κ2) is 8.51. The molecule has 8 heteroatoms. The van der Waals surface area contributed by atoms with Crippen LogP contribution in [0, 0.1) is 13.8 Å². The molecule has 2 N–H and O–H groups in total. The summed E-state index contributed by atoms with van der Waals surface area (Å²) in [6.07, 6.45) is 0.330. The van der Waals surface area contributed by atoms with Crippen LogP contribution in [0.3, 0.4) is 0 Å². The average Bonchev–Trinajstić information content (AvgIpc) is 3.22. The predicted octanol–water partition coefficient (Wildman–Crippen LogP) is 2.80. The van der Waals surface area contributed by atoms with E-state index >= 15 is 0 Å². The Morgan fingerprint density at radius 1 is 1.18 bits per heavy atom. The lowest BCUT2D eigenvalue weighted by Crippen LogP contribution is -2.25. The number of para-hydroxylation sites is 1. The molecule has 0 spiro atoms. The van der Waals surface area contributed by atoms with E-state index in [1.54, 1.807) is 14.2 Å². The summed E-state index contributed by atoms with van der Waals surface area (Å²) in [6, 6.07) is 11.5. The van der Waals surface area contributed by atoms with Gasteiger partial charge in [0.2, 0.25) is 5.91 Å². The molecule has 1 aromatic heterocycles. The number of nitrogens with one attached hydrogen (secondary N) is 2. The fraction of sp³-hybridized carbons (Fsp3) is 0.300. The van der Waals surface area contributed by atoms with Gasteiger partial charge in [0.15, 0.2) is 17.3 Å². The molecule has 0 saturated heterocycles. The second-order valence-corrected chi connectivity index (χ2v) is 6.49. The van der Waals surface area contributed by atoms with Gasteiger partial charge in [0, 0.05) is 5.69 Å². The first-order valence-corrected chi connectivity index (χ1v) is 8.84. The largest absolute Gasteiger partial charge is 0.493 e. The van der Waals surface area contributed by atoms with Gasteiger partial charge in [-0.3, -0.25) is 4.79 Å². The van der Waals surface area contributed by atoms with Crippen LogP contribution in [0.1, 0.15) is 28.4 Å². The number of carbonyl (C=O) groups is 1. The fourth-order valence-electron chi connectivity index (χ4n) is 3.04. The zero-order valence-corrected chi connectivity index (χ0v) is 16.3. The van der Waals surface area contributed by atoms with E-state index in [0.717, 1.165) is 22.4 Å². The molecule has 0 aliphatic carbocycles. The monoisotopic (exact) mass is 381 g/mol. The molecule has 0 bridgehead atoms. The zero-order valence-electron chi connectivity index (χ0n) is 16.3.